The molecule has 2 aromatic heterocycles. The minimum absolute atomic E-state index is 0.0670. The average Bonchev–Trinajstić information content (AvgIpc) is 2.96. The number of rotatable bonds is 6. The van der Waals surface area contributed by atoms with Crippen LogP contribution < -0.4 is 4.74 Å². The second kappa shape index (κ2) is 17.6. The fourth-order valence-corrected chi connectivity index (χ4v) is 3.88. The summed E-state index contributed by atoms with van der Waals surface area (Å²) in [5.41, 5.74) is 2.03. The molecule has 1 unspecified atom stereocenters. The van der Waals surface area contributed by atoms with Crippen LogP contribution in [0.3, 0.4) is 0 Å². The van der Waals surface area contributed by atoms with Gasteiger partial charge in [0.25, 0.3) is 0 Å². The Morgan fingerprint density at radius 2 is 1.38 bits per heavy atom. The van der Waals surface area contributed by atoms with Crippen molar-refractivity contribution in [3.8, 4) is 5.88 Å². The minimum atomic E-state index is -5.08. The molecule has 0 saturated carbocycles. The van der Waals surface area contributed by atoms with Crippen LogP contribution in [0.2, 0.25) is 0 Å². The molecule has 21 heteroatoms. The van der Waals surface area contributed by atoms with Gasteiger partial charge in [-0.25, -0.2) is 19.4 Å². The van der Waals surface area contributed by atoms with E-state index in [9.17, 15) is 39.5 Å². The monoisotopic (exact) mass is 697 g/mol. The summed E-state index contributed by atoms with van der Waals surface area (Å²) < 4.78 is 113. The van der Waals surface area contributed by atoms with E-state index < -0.39 is 36.4 Å². The van der Waals surface area contributed by atoms with E-state index in [-0.39, 0.29) is 11.7 Å². The highest BCUT2D eigenvalue weighted by Gasteiger charge is 2.48. The Balaban J connectivity index is 0.000000430. The Labute approximate surface area is 259 Å². The number of carbonyl (C=O) groups is 3. The number of carboxylic acids is 3. The lowest BCUT2D eigenvalue weighted by molar-refractivity contribution is -0.200. The van der Waals surface area contributed by atoms with Crippen molar-refractivity contribution in [2.24, 2.45) is 0 Å². The van der Waals surface area contributed by atoms with E-state index in [1.165, 1.54) is 0 Å². The SMILES string of the molecule is COc1ncccc1CN1CC2(CC(OCc3ccccn3)CCO2)C1.O=C(O)C(F)(F)F.O=C(O)C(F)(F)F.O=C(O)C(F)(F)F. The Morgan fingerprint density at radius 1 is 0.872 bits per heavy atom. The van der Waals surface area contributed by atoms with E-state index in [1.54, 1.807) is 19.5 Å². The van der Waals surface area contributed by atoms with Gasteiger partial charge in [0.2, 0.25) is 5.88 Å². The van der Waals surface area contributed by atoms with E-state index in [2.05, 4.69) is 20.9 Å². The van der Waals surface area contributed by atoms with Crippen molar-refractivity contribution < 1.29 is 83.4 Å². The molecule has 12 nitrogen and oxygen atoms in total. The quantitative estimate of drug-likeness (QED) is 0.366. The first-order valence-electron chi connectivity index (χ1n) is 12.9. The molecule has 1 spiro atoms. The number of aromatic nitrogens is 2. The number of nitrogens with zero attached hydrogens (tertiary/aromatic N) is 3. The number of likely N-dealkylation sites (tertiary alicyclic amines) is 1. The summed E-state index contributed by atoms with van der Waals surface area (Å²) in [4.78, 5) is 37.7. The van der Waals surface area contributed by atoms with Gasteiger partial charge in [-0.15, -0.1) is 0 Å². The highest BCUT2D eigenvalue weighted by atomic mass is 19.4. The molecule has 2 fully saturated rings. The molecule has 1 atom stereocenters. The molecule has 0 aromatic carbocycles. The molecule has 0 amide bonds. The lowest BCUT2D eigenvalue weighted by Gasteiger charge is -2.53. The Kier molecular flexibility index (Phi) is 15.3. The molecule has 0 aliphatic carbocycles. The smallest absolute Gasteiger partial charge is 0.481 e. The zero-order valence-electron chi connectivity index (χ0n) is 24.1. The second-order valence-electron chi connectivity index (χ2n) is 9.50. The van der Waals surface area contributed by atoms with Crippen molar-refractivity contribution in [2.45, 2.75) is 56.2 Å². The van der Waals surface area contributed by atoms with Crippen LogP contribution in [0.1, 0.15) is 24.1 Å². The summed E-state index contributed by atoms with van der Waals surface area (Å²) in [6.07, 6.45) is -9.55. The first-order valence-corrected chi connectivity index (χ1v) is 12.9. The summed E-state index contributed by atoms with van der Waals surface area (Å²) in [6.45, 7) is 4.01. The molecule has 47 heavy (non-hydrogen) atoms. The summed E-state index contributed by atoms with van der Waals surface area (Å²) in [5, 5.41) is 21.4. The number of carboxylic acid groups (broad SMARTS) is 3. The molecule has 0 bridgehead atoms. The van der Waals surface area contributed by atoms with Gasteiger partial charge in [0.1, 0.15) is 0 Å². The standard InChI is InChI=1S/C20H25N3O3.3C2HF3O2/c1-24-19-16(5-4-9-22-19)12-23-14-20(15-23)11-18(7-10-26-20)25-13-17-6-2-3-8-21-17;3*3-2(4,5)1(6)7/h2-6,8-9,18H,7,10-15H2,1H3;3*(H,6,7). The van der Waals surface area contributed by atoms with Crippen LogP contribution in [0.25, 0.3) is 0 Å². The van der Waals surface area contributed by atoms with Gasteiger partial charge in [0.15, 0.2) is 0 Å². The van der Waals surface area contributed by atoms with Gasteiger partial charge in [-0.2, -0.15) is 39.5 Å². The van der Waals surface area contributed by atoms with E-state index in [1.807, 2.05) is 24.3 Å². The zero-order valence-corrected chi connectivity index (χ0v) is 24.1. The Morgan fingerprint density at radius 3 is 1.83 bits per heavy atom. The van der Waals surface area contributed by atoms with Crippen molar-refractivity contribution in [1.29, 1.82) is 0 Å². The molecule has 2 aromatic rings. The fraction of sp³-hybridized carbons (Fsp3) is 0.500. The van der Waals surface area contributed by atoms with Crippen molar-refractivity contribution in [2.75, 3.05) is 26.8 Å². The largest absolute Gasteiger partial charge is 0.490 e. The first-order chi connectivity index (χ1) is 21.6. The number of ether oxygens (including phenoxy) is 3. The fourth-order valence-electron chi connectivity index (χ4n) is 3.88. The van der Waals surface area contributed by atoms with Gasteiger partial charge < -0.3 is 29.5 Å². The van der Waals surface area contributed by atoms with Gasteiger partial charge >= 0.3 is 36.4 Å². The Hall–Kier alpha value is -4.24. The predicted octanol–water partition coefficient (Wildman–Crippen LogP) is 4.34. The van der Waals surface area contributed by atoms with E-state index in [0.717, 1.165) is 50.3 Å². The number of hydrogen-bond donors (Lipinski definition) is 3. The average molecular weight is 698 g/mol. The maximum absolute atomic E-state index is 10.6. The van der Waals surface area contributed by atoms with E-state index in [4.69, 9.17) is 43.9 Å². The minimum Gasteiger partial charge on any atom is -0.481 e. The summed E-state index contributed by atoms with van der Waals surface area (Å²) in [7, 11) is 1.66. The van der Waals surface area contributed by atoms with Crippen molar-refractivity contribution >= 4 is 17.9 Å². The molecule has 3 N–H and O–H groups in total. The normalized spacial score (nSPS) is 17.3. The van der Waals surface area contributed by atoms with Gasteiger partial charge in [0, 0.05) is 50.6 Å². The molecule has 0 radical (unpaired) electrons. The molecule has 2 aliphatic heterocycles. The third-order valence-corrected chi connectivity index (χ3v) is 5.83. The Bertz CT molecular complexity index is 1230. The van der Waals surface area contributed by atoms with Gasteiger partial charge in [-0.05, 0) is 24.6 Å². The van der Waals surface area contributed by atoms with Crippen LogP contribution >= 0.6 is 0 Å². The van der Waals surface area contributed by atoms with Crippen molar-refractivity contribution in [1.82, 2.24) is 14.9 Å². The number of alkyl halides is 9. The lowest BCUT2D eigenvalue weighted by Crippen LogP contribution is -2.65. The zero-order chi connectivity index (χ0) is 36.1. The maximum Gasteiger partial charge on any atom is 0.490 e. The summed E-state index contributed by atoms with van der Waals surface area (Å²) >= 11 is 0. The second-order valence-corrected chi connectivity index (χ2v) is 9.50. The van der Waals surface area contributed by atoms with Gasteiger partial charge in [-0.1, -0.05) is 12.1 Å². The number of halogens is 9. The molecule has 2 aliphatic rings. The third-order valence-electron chi connectivity index (χ3n) is 5.83. The van der Waals surface area contributed by atoms with Crippen LogP contribution in [-0.4, -0.2) is 105 Å². The van der Waals surface area contributed by atoms with Gasteiger partial charge in [-0.3, -0.25) is 9.88 Å². The molecule has 2 saturated heterocycles. The van der Waals surface area contributed by atoms with Crippen LogP contribution in [0, 0.1) is 0 Å². The molecular weight excluding hydrogens is 669 g/mol. The lowest BCUT2D eigenvalue weighted by atomic mass is 9.84. The maximum atomic E-state index is 10.6. The van der Waals surface area contributed by atoms with E-state index >= 15 is 0 Å². The predicted molar refractivity (Wildman–Crippen MR) is 138 cm³/mol. The molecule has 264 valence electrons. The molecule has 4 heterocycles. The van der Waals surface area contributed by atoms with Crippen molar-refractivity contribution in [3.63, 3.8) is 0 Å². The van der Waals surface area contributed by atoms with Crippen LogP contribution in [0.4, 0.5) is 39.5 Å². The topological polar surface area (TPSA) is 169 Å². The van der Waals surface area contributed by atoms with E-state index in [0.29, 0.717) is 12.5 Å². The summed E-state index contributed by atoms with van der Waals surface area (Å²) in [6, 6.07) is 9.94. The van der Waals surface area contributed by atoms with Gasteiger partial charge in [0.05, 0.1) is 31.1 Å². The van der Waals surface area contributed by atoms with Crippen LogP contribution in [0.15, 0.2) is 42.7 Å². The van der Waals surface area contributed by atoms with Crippen LogP contribution in [-0.2, 0) is 37.0 Å². The number of hydrogen-bond acceptors (Lipinski definition) is 9. The van der Waals surface area contributed by atoms with Crippen molar-refractivity contribution in [3.05, 3.63) is 54.0 Å². The number of methoxy groups -OCH3 is 1. The third kappa shape index (κ3) is 15.3. The van der Waals surface area contributed by atoms with Crippen LogP contribution in [0.5, 0.6) is 5.88 Å². The summed E-state index contributed by atoms with van der Waals surface area (Å²) in [5.74, 6) is -7.57. The first kappa shape index (κ1) is 40.8. The highest BCUT2D eigenvalue weighted by molar-refractivity contribution is 5.73. The molecular formula is C26H28F9N3O9. The number of aliphatic carboxylic acids is 3. The highest BCUT2D eigenvalue weighted by Crippen LogP contribution is 2.36. The molecule has 4 rings (SSSR count). The number of pyridine rings is 2.